The number of nitrogens with one attached hydrogen (secondary N) is 2. The summed E-state index contributed by atoms with van der Waals surface area (Å²) in [5.74, 6) is 2.06. The van der Waals surface area contributed by atoms with Crippen LogP contribution in [0.25, 0.3) is 0 Å². The second-order valence-electron chi connectivity index (χ2n) is 5.81. The topological polar surface area (TPSA) is 70.2 Å². The van der Waals surface area contributed by atoms with Gasteiger partial charge in [0.2, 0.25) is 0 Å². The number of halogens is 1. The van der Waals surface area contributed by atoms with Gasteiger partial charge in [-0.2, -0.15) is 0 Å². The van der Waals surface area contributed by atoms with Crippen molar-refractivity contribution in [2.45, 2.75) is 6.92 Å². The lowest BCUT2D eigenvalue weighted by Gasteiger charge is -2.14. The Balaban J connectivity index is 1.69. The fourth-order valence-electron chi connectivity index (χ4n) is 2.26. The molecular formula is C18H18ClN5OS. The first-order valence-corrected chi connectivity index (χ1v) is 9.07. The summed E-state index contributed by atoms with van der Waals surface area (Å²) in [7, 11) is 3.87. The summed E-state index contributed by atoms with van der Waals surface area (Å²) in [6.45, 7) is 1.85. The summed E-state index contributed by atoms with van der Waals surface area (Å²) in [4.78, 5) is 23.4. The monoisotopic (exact) mass is 387 g/mol. The minimum atomic E-state index is -0.176. The number of carbonyl (C=O) groups excluding carboxylic acids is 1. The molecule has 0 aliphatic rings. The van der Waals surface area contributed by atoms with Crippen LogP contribution in [-0.2, 0) is 0 Å². The summed E-state index contributed by atoms with van der Waals surface area (Å²) in [6, 6.07) is 12.7. The van der Waals surface area contributed by atoms with Crippen LogP contribution in [-0.4, -0.2) is 30.0 Å². The van der Waals surface area contributed by atoms with Crippen molar-refractivity contribution in [3.63, 3.8) is 0 Å². The van der Waals surface area contributed by atoms with Crippen LogP contribution >= 0.6 is 22.9 Å². The van der Waals surface area contributed by atoms with Crippen LogP contribution in [0.1, 0.15) is 15.5 Å². The number of amides is 1. The number of anilines is 4. The molecule has 0 saturated heterocycles. The second-order valence-corrected chi connectivity index (χ2v) is 7.53. The van der Waals surface area contributed by atoms with E-state index in [1.807, 2.05) is 56.3 Å². The van der Waals surface area contributed by atoms with E-state index in [2.05, 4.69) is 20.6 Å². The molecule has 1 amide bonds. The Kier molecular flexibility index (Phi) is 5.39. The largest absolute Gasteiger partial charge is 0.363 e. The summed E-state index contributed by atoms with van der Waals surface area (Å²) >= 11 is 7.11. The van der Waals surface area contributed by atoms with Gasteiger partial charge in [0.15, 0.2) is 0 Å². The first-order chi connectivity index (χ1) is 12.4. The van der Waals surface area contributed by atoms with Crippen molar-refractivity contribution in [3.05, 3.63) is 57.5 Å². The van der Waals surface area contributed by atoms with Gasteiger partial charge in [0.25, 0.3) is 5.91 Å². The van der Waals surface area contributed by atoms with Crippen LogP contribution in [0.15, 0.2) is 42.5 Å². The second kappa shape index (κ2) is 7.72. The van der Waals surface area contributed by atoms with Crippen molar-refractivity contribution in [2.75, 3.05) is 29.6 Å². The third kappa shape index (κ3) is 4.50. The van der Waals surface area contributed by atoms with E-state index in [9.17, 15) is 4.79 Å². The average molecular weight is 388 g/mol. The van der Waals surface area contributed by atoms with E-state index in [4.69, 9.17) is 11.6 Å². The molecule has 0 atom stereocenters. The molecule has 0 fully saturated rings. The fraction of sp³-hybridized carbons (Fsp3) is 0.167. The molecule has 8 heteroatoms. The zero-order chi connectivity index (χ0) is 18.7. The highest BCUT2D eigenvalue weighted by Gasteiger charge is 2.09. The maximum Gasteiger partial charge on any atom is 0.265 e. The van der Waals surface area contributed by atoms with Crippen LogP contribution < -0.4 is 15.5 Å². The Labute approximate surface area is 160 Å². The highest BCUT2D eigenvalue weighted by Crippen LogP contribution is 2.24. The molecular weight excluding hydrogens is 370 g/mol. The minimum Gasteiger partial charge on any atom is -0.363 e. The lowest BCUT2D eigenvalue weighted by molar-refractivity contribution is 0.103. The van der Waals surface area contributed by atoms with E-state index in [1.54, 1.807) is 12.1 Å². The number of carbonyl (C=O) groups is 1. The molecule has 0 aliphatic carbocycles. The van der Waals surface area contributed by atoms with E-state index in [0.29, 0.717) is 26.5 Å². The maximum absolute atomic E-state index is 12.1. The summed E-state index contributed by atoms with van der Waals surface area (Å²) < 4.78 is 0.590. The Bertz CT molecular complexity index is 924. The molecule has 0 spiro atoms. The molecule has 134 valence electrons. The van der Waals surface area contributed by atoms with Crippen molar-refractivity contribution in [1.29, 1.82) is 0 Å². The number of benzene rings is 1. The van der Waals surface area contributed by atoms with Gasteiger partial charge < -0.3 is 15.5 Å². The molecule has 0 aliphatic heterocycles. The Morgan fingerprint density at radius 1 is 1.08 bits per heavy atom. The third-order valence-electron chi connectivity index (χ3n) is 3.49. The number of rotatable bonds is 5. The first kappa shape index (κ1) is 18.2. The number of thiophene rings is 1. The van der Waals surface area contributed by atoms with Gasteiger partial charge in [-0.1, -0.05) is 11.6 Å². The molecule has 3 rings (SSSR count). The highest BCUT2D eigenvalue weighted by molar-refractivity contribution is 7.18. The van der Waals surface area contributed by atoms with Crippen LogP contribution in [0.2, 0.25) is 4.34 Å². The predicted octanol–water partition coefficient (Wildman–Crippen LogP) is 4.56. The van der Waals surface area contributed by atoms with Gasteiger partial charge in [0.1, 0.15) is 17.5 Å². The van der Waals surface area contributed by atoms with Crippen LogP contribution in [0.5, 0.6) is 0 Å². The number of nitrogens with zero attached hydrogens (tertiary/aromatic N) is 3. The number of hydrogen-bond acceptors (Lipinski definition) is 6. The predicted molar refractivity (Wildman–Crippen MR) is 108 cm³/mol. The van der Waals surface area contributed by atoms with E-state index < -0.39 is 0 Å². The molecule has 1 aromatic carbocycles. The van der Waals surface area contributed by atoms with E-state index in [1.165, 1.54) is 11.3 Å². The number of aromatic nitrogens is 2. The van der Waals surface area contributed by atoms with Crippen LogP contribution in [0.3, 0.4) is 0 Å². The average Bonchev–Trinajstić information content (AvgIpc) is 3.03. The number of hydrogen-bond donors (Lipinski definition) is 2. The first-order valence-electron chi connectivity index (χ1n) is 7.87. The van der Waals surface area contributed by atoms with Crippen LogP contribution in [0, 0.1) is 6.92 Å². The molecule has 2 heterocycles. The molecule has 6 nitrogen and oxygen atoms in total. The van der Waals surface area contributed by atoms with Gasteiger partial charge in [0.05, 0.1) is 9.21 Å². The molecule has 0 saturated carbocycles. The van der Waals surface area contributed by atoms with Gasteiger partial charge in [-0.25, -0.2) is 9.97 Å². The minimum absolute atomic E-state index is 0.176. The maximum atomic E-state index is 12.1. The van der Waals surface area contributed by atoms with Gasteiger partial charge in [0, 0.05) is 31.5 Å². The Hall–Kier alpha value is -2.64. The van der Waals surface area contributed by atoms with Crippen molar-refractivity contribution in [1.82, 2.24) is 9.97 Å². The van der Waals surface area contributed by atoms with E-state index >= 15 is 0 Å². The quantitative estimate of drug-likeness (QED) is 0.671. The van der Waals surface area contributed by atoms with Gasteiger partial charge in [-0.05, 0) is 43.3 Å². The van der Waals surface area contributed by atoms with Gasteiger partial charge in [-0.15, -0.1) is 11.3 Å². The van der Waals surface area contributed by atoms with Crippen molar-refractivity contribution in [2.24, 2.45) is 0 Å². The van der Waals surface area contributed by atoms with Crippen molar-refractivity contribution >= 4 is 51.9 Å². The molecule has 2 N–H and O–H groups in total. The summed E-state index contributed by atoms with van der Waals surface area (Å²) in [5, 5.41) is 6.10. The molecule has 0 radical (unpaired) electrons. The van der Waals surface area contributed by atoms with Gasteiger partial charge >= 0.3 is 0 Å². The van der Waals surface area contributed by atoms with Crippen molar-refractivity contribution in [3.8, 4) is 0 Å². The zero-order valence-corrected chi connectivity index (χ0v) is 16.1. The smallest absolute Gasteiger partial charge is 0.265 e. The summed E-state index contributed by atoms with van der Waals surface area (Å²) in [6.07, 6.45) is 0. The molecule has 0 unspecified atom stereocenters. The van der Waals surface area contributed by atoms with Crippen molar-refractivity contribution < 1.29 is 4.79 Å². The molecule has 2 aromatic heterocycles. The van der Waals surface area contributed by atoms with Crippen LogP contribution in [0.4, 0.5) is 23.0 Å². The van der Waals surface area contributed by atoms with Gasteiger partial charge in [-0.3, -0.25) is 4.79 Å². The molecule has 3 aromatic rings. The zero-order valence-electron chi connectivity index (χ0n) is 14.6. The Morgan fingerprint density at radius 3 is 2.38 bits per heavy atom. The SMILES string of the molecule is Cc1nc(Nc2ccc(NC(=O)c3ccc(Cl)s3)cc2)cc(N(C)C)n1. The lowest BCUT2D eigenvalue weighted by Crippen LogP contribution is -2.12. The normalized spacial score (nSPS) is 10.5. The fourth-order valence-corrected chi connectivity index (χ4v) is 3.20. The standard InChI is InChI=1S/C18H18ClN5OS/c1-11-20-16(10-17(21-11)24(2)3)22-12-4-6-13(7-5-12)23-18(25)14-8-9-15(19)26-14/h4-10H,1-3H3,(H,23,25)(H,20,21,22). The summed E-state index contributed by atoms with van der Waals surface area (Å²) in [5.41, 5.74) is 1.57. The number of aryl methyl sites for hydroxylation is 1. The highest BCUT2D eigenvalue weighted by atomic mass is 35.5. The molecule has 26 heavy (non-hydrogen) atoms. The Morgan fingerprint density at radius 2 is 1.77 bits per heavy atom. The third-order valence-corrected chi connectivity index (χ3v) is 4.72. The molecule has 0 bridgehead atoms. The van der Waals surface area contributed by atoms with E-state index in [-0.39, 0.29) is 5.91 Å². The van der Waals surface area contributed by atoms with E-state index in [0.717, 1.165) is 11.5 Å². The lowest BCUT2D eigenvalue weighted by atomic mass is 10.2.